The third kappa shape index (κ3) is 2.07. The monoisotopic (exact) mass is 207 g/mol. The number of nitrogens with one attached hydrogen (secondary N) is 1. The Labute approximate surface area is 90.1 Å². The Morgan fingerprint density at radius 2 is 2.33 bits per heavy atom. The Kier molecular flexibility index (Phi) is 2.82. The van der Waals surface area contributed by atoms with E-state index >= 15 is 0 Å². The molecular formula is C12H17NO2. The number of aromatic hydroxyl groups is 1. The predicted octanol–water partition coefficient (Wildman–Crippen LogP) is 1.48. The van der Waals surface area contributed by atoms with E-state index in [1.54, 1.807) is 0 Å². The minimum atomic E-state index is 0.235. The molecule has 1 aliphatic heterocycles. The highest BCUT2D eigenvalue weighted by Gasteiger charge is 2.20. The van der Waals surface area contributed by atoms with Crippen molar-refractivity contribution in [2.75, 3.05) is 13.6 Å². The summed E-state index contributed by atoms with van der Waals surface area (Å²) in [4.78, 5) is 0. The highest BCUT2D eigenvalue weighted by Crippen LogP contribution is 2.34. The van der Waals surface area contributed by atoms with Gasteiger partial charge in [0.15, 0.2) is 0 Å². The van der Waals surface area contributed by atoms with Crippen molar-refractivity contribution in [2.24, 2.45) is 0 Å². The molecule has 1 aromatic carbocycles. The summed E-state index contributed by atoms with van der Waals surface area (Å²) < 4.78 is 5.65. The van der Waals surface area contributed by atoms with E-state index in [2.05, 4.69) is 5.32 Å². The Morgan fingerprint density at radius 3 is 3.07 bits per heavy atom. The number of ether oxygens (including phenoxy) is 1. The Bertz CT molecular complexity index is 363. The summed E-state index contributed by atoms with van der Waals surface area (Å²) in [6.07, 6.45) is 1.96. The first kappa shape index (κ1) is 10.3. The third-order valence-electron chi connectivity index (χ3n) is 2.74. The van der Waals surface area contributed by atoms with E-state index in [1.807, 2.05) is 26.1 Å². The second kappa shape index (κ2) is 4.11. The molecule has 1 aromatic rings. The van der Waals surface area contributed by atoms with E-state index in [0.29, 0.717) is 5.75 Å². The molecule has 0 aliphatic carbocycles. The molecule has 3 nitrogen and oxygen atoms in total. The van der Waals surface area contributed by atoms with Crippen LogP contribution in [0.15, 0.2) is 12.1 Å². The normalized spacial score (nSPS) is 18.7. The van der Waals surface area contributed by atoms with Crippen molar-refractivity contribution in [3.63, 3.8) is 0 Å². The lowest BCUT2D eigenvalue weighted by atomic mass is 10.0. The molecule has 0 bridgehead atoms. The first-order chi connectivity index (χ1) is 7.20. The van der Waals surface area contributed by atoms with E-state index in [4.69, 9.17) is 4.74 Å². The Balaban J connectivity index is 2.23. The molecule has 0 fully saturated rings. The van der Waals surface area contributed by atoms with Gasteiger partial charge in [-0.3, -0.25) is 0 Å². The fourth-order valence-corrected chi connectivity index (χ4v) is 1.95. The van der Waals surface area contributed by atoms with E-state index in [1.165, 1.54) is 0 Å². The topological polar surface area (TPSA) is 41.5 Å². The molecular weight excluding hydrogens is 190 g/mol. The summed E-state index contributed by atoms with van der Waals surface area (Å²) in [5, 5.41) is 12.9. The van der Waals surface area contributed by atoms with Crippen LogP contribution in [-0.4, -0.2) is 24.8 Å². The van der Waals surface area contributed by atoms with Gasteiger partial charge in [0.2, 0.25) is 0 Å². The highest BCUT2D eigenvalue weighted by molar-refractivity contribution is 5.48. The average molecular weight is 207 g/mol. The van der Waals surface area contributed by atoms with Gasteiger partial charge in [-0.2, -0.15) is 0 Å². The first-order valence-electron chi connectivity index (χ1n) is 5.36. The SMILES string of the molecule is CNCCc1cc2c(cc1O)CC(C)O2. The molecule has 0 saturated heterocycles. The van der Waals surface area contributed by atoms with Crippen LogP contribution in [-0.2, 0) is 12.8 Å². The maximum atomic E-state index is 9.80. The number of hydrogen-bond acceptors (Lipinski definition) is 3. The summed E-state index contributed by atoms with van der Waals surface area (Å²) >= 11 is 0. The Hall–Kier alpha value is -1.22. The van der Waals surface area contributed by atoms with Gasteiger partial charge in [0, 0.05) is 12.0 Å². The smallest absolute Gasteiger partial charge is 0.123 e. The van der Waals surface area contributed by atoms with Gasteiger partial charge < -0.3 is 15.2 Å². The van der Waals surface area contributed by atoms with Gasteiger partial charge in [-0.05, 0) is 44.6 Å². The van der Waals surface area contributed by atoms with E-state index < -0.39 is 0 Å². The fourth-order valence-electron chi connectivity index (χ4n) is 1.95. The van der Waals surface area contributed by atoms with Gasteiger partial charge in [0.1, 0.15) is 17.6 Å². The zero-order chi connectivity index (χ0) is 10.8. The number of phenolic OH excluding ortho intramolecular Hbond substituents is 1. The van der Waals surface area contributed by atoms with Crippen molar-refractivity contribution in [1.29, 1.82) is 0 Å². The van der Waals surface area contributed by atoms with E-state index in [0.717, 1.165) is 36.3 Å². The lowest BCUT2D eigenvalue weighted by Gasteiger charge is -2.07. The first-order valence-corrected chi connectivity index (χ1v) is 5.36. The molecule has 82 valence electrons. The van der Waals surface area contributed by atoms with Crippen LogP contribution < -0.4 is 10.1 Å². The molecule has 0 saturated carbocycles. The molecule has 1 heterocycles. The molecule has 3 heteroatoms. The number of hydrogen-bond donors (Lipinski definition) is 2. The quantitative estimate of drug-likeness (QED) is 0.788. The van der Waals surface area contributed by atoms with Gasteiger partial charge in [0.25, 0.3) is 0 Å². The minimum Gasteiger partial charge on any atom is -0.508 e. The van der Waals surface area contributed by atoms with Crippen molar-refractivity contribution >= 4 is 0 Å². The lowest BCUT2D eigenvalue weighted by Crippen LogP contribution is -2.10. The van der Waals surface area contributed by atoms with Crippen LogP contribution in [0, 0.1) is 0 Å². The van der Waals surface area contributed by atoms with E-state index in [9.17, 15) is 5.11 Å². The van der Waals surface area contributed by atoms with Gasteiger partial charge in [-0.15, -0.1) is 0 Å². The number of likely N-dealkylation sites (N-methyl/N-ethyl adjacent to an activating group) is 1. The number of benzene rings is 1. The minimum absolute atomic E-state index is 0.235. The van der Waals surface area contributed by atoms with Gasteiger partial charge in [-0.25, -0.2) is 0 Å². The van der Waals surface area contributed by atoms with Crippen molar-refractivity contribution in [1.82, 2.24) is 5.32 Å². The van der Waals surface area contributed by atoms with Crippen LogP contribution in [0.1, 0.15) is 18.1 Å². The molecule has 0 amide bonds. The van der Waals surface area contributed by atoms with Gasteiger partial charge >= 0.3 is 0 Å². The van der Waals surface area contributed by atoms with Crippen LogP contribution in [0.4, 0.5) is 0 Å². The maximum absolute atomic E-state index is 9.80. The molecule has 0 radical (unpaired) electrons. The standard InChI is InChI=1S/C12H17NO2/c1-8-5-10-6-11(14)9(3-4-13-2)7-12(10)15-8/h6-8,13-14H,3-5H2,1-2H3. The zero-order valence-electron chi connectivity index (χ0n) is 9.21. The molecule has 1 unspecified atom stereocenters. The van der Waals surface area contributed by atoms with Crippen LogP contribution in [0.2, 0.25) is 0 Å². The number of fused-ring (bicyclic) bond motifs is 1. The molecule has 0 aromatic heterocycles. The summed E-state index contributed by atoms with van der Waals surface area (Å²) in [6, 6.07) is 3.80. The summed E-state index contributed by atoms with van der Waals surface area (Å²) in [5.41, 5.74) is 2.07. The van der Waals surface area contributed by atoms with Gasteiger partial charge in [-0.1, -0.05) is 0 Å². The van der Waals surface area contributed by atoms with Crippen molar-refractivity contribution in [3.05, 3.63) is 23.3 Å². The van der Waals surface area contributed by atoms with Crippen LogP contribution in [0.5, 0.6) is 11.5 Å². The second-order valence-corrected chi connectivity index (χ2v) is 4.07. The number of rotatable bonds is 3. The maximum Gasteiger partial charge on any atom is 0.123 e. The van der Waals surface area contributed by atoms with E-state index in [-0.39, 0.29) is 6.10 Å². The average Bonchev–Trinajstić information content (AvgIpc) is 2.53. The molecule has 2 rings (SSSR count). The molecule has 1 atom stereocenters. The van der Waals surface area contributed by atoms with Crippen LogP contribution in [0.3, 0.4) is 0 Å². The number of phenols is 1. The molecule has 2 N–H and O–H groups in total. The molecule has 1 aliphatic rings. The van der Waals surface area contributed by atoms with Crippen LogP contribution >= 0.6 is 0 Å². The van der Waals surface area contributed by atoms with Crippen LogP contribution in [0.25, 0.3) is 0 Å². The zero-order valence-corrected chi connectivity index (χ0v) is 9.21. The Morgan fingerprint density at radius 1 is 1.53 bits per heavy atom. The summed E-state index contributed by atoms with van der Waals surface area (Å²) in [5.74, 6) is 1.33. The lowest BCUT2D eigenvalue weighted by molar-refractivity contribution is 0.254. The molecule has 0 spiro atoms. The third-order valence-corrected chi connectivity index (χ3v) is 2.74. The second-order valence-electron chi connectivity index (χ2n) is 4.07. The highest BCUT2D eigenvalue weighted by atomic mass is 16.5. The largest absolute Gasteiger partial charge is 0.508 e. The predicted molar refractivity (Wildman–Crippen MR) is 59.5 cm³/mol. The van der Waals surface area contributed by atoms with Crippen molar-refractivity contribution < 1.29 is 9.84 Å². The van der Waals surface area contributed by atoms with Crippen molar-refractivity contribution in [3.8, 4) is 11.5 Å². The van der Waals surface area contributed by atoms with Crippen molar-refractivity contribution in [2.45, 2.75) is 25.9 Å². The molecule has 15 heavy (non-hydrogen) atoms. The fraction of sp³-hybridized carbons (Fsp3) is 0.500. The summed E-state index contributed by atoms with van der Waals surface area (Å²) in [6.45, 7) is 2.91. The summed E-state index contributed by atoms with van der Waals surface area (Å²) in [7, 11) is 1.91. The van der Waals surface area contributed by atoms with Gasteiger partial charge in [0.05, 0.1) is 0 Å².